The quantitative estimate of drug-likeness (QED) is 0.672. The number of hydrogen-bond donors (Lipinski definition) is 0. The molecule has 0 saturated heterocycles. The van der Waals surface area contributed by atoms with Crippen LogP contribution in [0.2, 0.25) is 0 Å². The maximum Gasteiger partial charge on any atom is 0.0948 e. The molecule has 12 heavy (non-hydrogen) atoms. The first-order valence-electron chi connectivity index (χ1n) is 4.71. The number of rotatable bonds is 4. The van der Waals surface area contributed by atoms with Crippen molar-refractivity contribution in [1.29, 1.82) is 0 Å². The number of imidazole rings is 1. The van der Waals surface area contributed by atoms with Crippen LogP contribution in [-0.2, 0) is 0 Å². The molecule has 1 rings (SSSR count). The van der Waals surface area contributed by atoms with Crippen molar-refractivity contribution in [2.45, 2.75) is 39.7 Å². The molecule has 0 fully saturated rings. The van der Waals surface area contributed by atoms with E-state index in [1.165, 1.54) is 12.8 Å². The molecule has 0 N–H and O–H groups in total. The second-order valence-electron chi connectivity index (χ2n) is 3.61. The van der Waals surface area contributed by atoms with Crippen LogP contribution in [0.4, 0.5) is 0 Å². The molecule has 0 aliphatic carbocycles. The Morgan fingerprint density at radius 2 is 2.17 bits per heavy atom. The van der Waals surface area contributed by atoms with Crippen molar-refractivity contribution in [3.63, 3.8) is 0 Å². The van der Waals surface area contributed by atoms with Crippen LogP contribution in [-0.4, -0.2) is 9.55 Å². The Morgan fingerprint density at radius 3 is 2.67 bits per heavy atom. The minimum atomic E-state index is 0.586. The molecule has 2 nitrogen and oxygen atoms in total. The van der Waals surface area contributed by atoms with Crippen LogP contribution in [0.25, 0.3) is 0 Å². The van der Waals surface area contributed by atoms with Gasteiger partial charge in [0.2, 0.25) is 0 Å². The average Bonchev–Trinajstić information content (AvgIpc) is 2.56. The molecular weight excluding hydrogens is 148 g/mol. The molecule has 0 saturated carbocycles. The van der Waals surface area contributed by atoms with Gasteiger partial charge in [-0.15, -0.1) is 0 Å². The second kappa shape index (κ2) is 4.29. The van der Waals surface area contributed by atoms with E-state index < -0.39 is 0 Å². The number of aromatic nitrogens is 2. The predicted octanol–water partition coefficient (Wildman–Crippen LogP) is 2.88. The Bertz CT molecular complexity index is 204. The zero-order valence-electron chi connectivity index (χ0n) is 8.20. The smallest absolute Gasteiger partial charge is 0.0948 e. The number of nitrogens with zero attached hydrogens (tertiary/aromatic N) is 2. The molecule has 2 unspecified atom stereocenters. The van der Waals surface area contributed by atoms with E-state index in [0.29, 0.717) is 6.04 Å². The molecule has 2 heteroatoms. The van der Waals surface area contributed by atoms with E-state index in [1.54, 1.807) is 0 Å². The summed E-state index contributed by atoms with van der Waals surface area (Å²) < 4.78 is 2.17. The highest BCUT2D eigenvalue weighted by Crippen LogP contribution is 2.18. The van der Waals surface area contributed by atoms with Gasteiger partial charge in [-0.3, -0.25) is 0 Å². The van der Waals surface area contributed by atoms with Crippen LogP contribution >= 0.6 is 0 Å². The van der Waals surface area contributed by atoms with Gasteiger partial charge in [0.15, 0.2) is 0 Å². The van der Waals surface area contributed by atoms with Gasteiger partial charge in [-0.2, -0.15) is 0 Å². The highest BCUT2D eigenvalue weighted by atomic mass is 15.0. The lowest BCUT2D eigenvalue weighted by molar-refractivity contribution is 0.398. The third kappa shape index (κ3) is 2.36. The van der Waals surface area contributed by atoms with Crippen molar-refractivity contribution < 1.29 is 0 Å². The molecule has 68 valence electrons. The first-order chi connectivity index (χ1) is 5.74. The molecule has 1 heterocycles. The van der Waals surface area contributed by atoms with Gasteiger partial charge in [0.1, 0.15) is 0 Å². The summed E-state index contributed by atoms with van der Waals surface area (Å²) in [5.74, 6) is 0.808. The lowest BCUT2D eigenvalue weighted by atomic mass is 10.0. The molecular formula is C10H18N2. The molecule has 0 aliphatic heterocycles. The molecule has 0 aliphatic rings. The molecule has 0 amide bonds. The van der Waals surface area contributed by atoms with Gasteiger partial charge in [-0.1, -0.05) is 20.3 Å². The first-order valence-corrected chi connectivity index (χ1v) is 4.71. The van der Waals surface area contributed by atoms with E-state index in [-0.39, 0.29) is 0 Å². The summed E-state index contributed by atoms with van der Waals surface area (Å²) in [6.45, 7) is 6.78. The van der Waals surface area contributed by atoms with Gasteiger partial charge >= 0.3 is 0 Å². The maximum absolute atomic E-state index is 4.04. The molecule has 0 radical (unpaired) electrons. The summed E-state index contributed by atoms with van der Waals surface area (Å²) in [5, 5.41) is 0. The zero-order valence-corrected chi connectivity index (χ0v) is 8.20. The SMILES string of the molecule is CCC(C)CC(C)n1ccnc1. The monoisotopic (exact) mass is 166 g/mol. The van der Waals surface area contributed by atoms with Gasteiger partial charge in [0, 0.05) is 18.4 Å². The normalized spacial score (nSPS) is 15.9. The summed E-state index contributed by atoms with van der Waals surface area (Å²) >= 11 is 0. The molecule has 1 aromatic heterocycles. The Labute approximate surface area is 74.6 Å². The lowest BCUT2D eigenvalue weighted by Gasteiger charge is -2.16. The van der Waals surface area contributed by atoms with E-state index in [4.69, 9.17) is 0 Å². The van der Waals surface area contributed by atoms with Crippen LogP contribution in [0.3, 0.4) is 0 Å². The molecule has 0 aromatic carbocycles. The summed E-state index contributed by atoms with van der Waals surface area (Å²) in [6.07, 6.45) is 8.28. The number of hydrogen-bond acceptors (Lipinski definition) is 1. The third-order valence-electron chi connectivity index (χ3n) is 2.47. The van der Waals surface area contributed by atoms with Crippen molar-refractivity contribution in [1.82, 2.24) is 9.55 Å². The van der Waals surface area contributed by atoms with Crippen molar-refractivity contribution >= 4 is 0 Å². The Morgan fingerprint density at radius 1 is 1.42 bits per heavy atom. The Hall–Kier alpha value is -0.790. The van der Waals surface area contributed by atoms with E-state index in [0.717, 1.165) is 5.92 Å². The van der Waals surface area contributed by atoms with E-state index in [9.17, 15) is 0 Å². The van der Waals surface area contributed by atoms with E-state index in [2.05, 4.69) is 30.3 Å². The molecule has 1 aromatic rings. The zero-order chi connectivity index (χ0) is 8.97. The van der Waals surface area contributed by atoms with Gasteiger partial charge in [-0.05, 0) is 19.3 Å². The Balaban J connectivity index is 2.44. The highest BCUT2D eigenvalue weighted by Gasteiger charge is 2.07. The van der Waals surface area contributed by atoms with Crippen LogP contribution in [0.1, 0.15) is 39.7 Å². The molecule has 0 spiro atoms. The van der Waals surface area contributed by atoms with Gasteiger partial charge in [0.05, 0.1) is 6.33 Å². The minimum Gasteiger partial charge on any atom is -0.335 e. The standard InChI is InChI=1S/C10H18N2/c1-4-9(2)7-10(3)12-6-5-11-8-12/h5-6,8-10H,4,7H2,1-3H3. The maximum atomic E-state index is 4.04. The van der Waals surface area contributed by atoms with Gasteiger partial charge < -0.3 is 4.57 Å². The van der Waals surface area contributed by atoms with Crippen LogP contribution in [0, 0.1) is 5.92 Å². The largest absolute Gasteiger partial charge is 0.335 e. The van der Waals surface area contributed by atoms with E-state index >= 15 is 0 Å². The van der Waals surface area contributed by atoms with Crippen LogP contribution in [0.5, 0.6) is 0 Å². The van der Waals surface area contributed by atoms with Crippen molar-refractivity contribution in [2.24, 2.45) is 5.92 Å². The van der Waals surface area contributed by atoms with Crippen molar-refractivity contribution in [3.05, 3.63) is 18.7 Å². The topological polar surface area (TPSA) is 17.8 Å². The van der Waals surface area contributed by atoms with E-state index in [1.807, 2.05) is 18.7 Å². The second-order valence-corrected chi connectivity index (χ2v) is 3.61. The fourth-order valence-electron chi connectivity index (χ4n) is 1.40. The lowest BCUT2D eigenvalue weighted by Crippen LogP contribution is -2.07. The van der Waals surface area contributed by atoms with Crippen molar-refractivity contribution in [2.75, 3.05) is 0 Å². The minimum absolute atomic E-state index is 0.586. The summed E-state index contributed by atoms with van der Waals surface area (Å²) in [5.41, 5.74) is 0. The predicted molar refractivity (Wildman–Crippen MR) is 51.0 cm³/mol. The summed E-state index contributed by atoms with van der Waals surface area (Å²) in [6, 6.07) is 0.586. The fraction of sp³-hybridized carbons (Fsp3) is 0.700. The Kier molecular flexibility index (Phi) is 3.32. The van der Waals surface area contributed by atoms with Gasteiger partial charge in [-0.25, -0.2) is 4.98 Å². The van der Waals surface area contributed by atoms with Crippen LogP contribution in [0.15, 0.2) is 18.7 Å². The molecule has 0 bridgehead atoms. The van der Waals surface area contributed by atoms with Crippen LogP contribution < -0.4 is 0 Å². The molecule has 2 atom stereocenters. The van der Waals surface area contributed by atoms with Crippen molar-refractivity contribution in [3.8, 4) is 0 Å². The highest BCUT2D eigenvalue weighted by molar-refractivity contribution is 4.79. The average molecular weight is 166 g/mol. The van der Waals surface area contributed by atoms with Gasteiger partial charge in [0.25, 0.3) is 0 Å². The summed E-state index contributed by atoms with van der Waals surface area (Å²) in [4.78, 5) is 4.04. The fourth-order valence-corrected chi connectivity index (χ4v) is 1.40. The first kappa shape index (κ1) is 9.30. The third-order valence-corrected chi connectivity index (χ3v) is 2.47. The summed E-state index contributed by atoms with van der Waals surface area (Å²) in [7, 11) is 0.